The van der Waals surface area contributed by atoms with Crippen LogP contribution >= 0.6 is 11.8 Å². The lowest BCUT2D eigenvalue weighted by Gasteiger charge is -2.13. The van der Waals surface area contributed by atoms with Gasteiger partial charge in [-0.15, -0.1) is 11.8 Å². The van der Waals surface area contributed by atoms with Gasteiger partial charge in [-0.2, -0.15) is 0 Å². The Balaban J connectivity index is 1.50. The Labute approximate surface area is 208 Å². The van der Waals surface area contributed by atoms with Gasteiger partial charge in [-0.1, -0.05) is 35.0 Å². The second kappa shape index (κ2) is 11.7. The molecule has 0 aliphatic heterocycles. The molecule has 8 nitrogen and oxygen atoms in total. The molecule has 0 bridgehead atoms. The Morgan fingerprint density at radius 2 is 1.69 bits per heavy atom. The van der Waals surface area contributed by atoms with E-state index in [1.807, 2.05) is 58.9 Å². The average molecular weight is 496 g/mol. The molecule has 9 heteroatoms. The highest BCUT2D eigenvalue weighted by Crippen LogP contribution is 2.29. The molecule has 35 heavy (non-hydrogen) atoms. The summed E-state index contributed by atoms with van der Waals surface area (Å²) in [4.78, 5) is 37.8. The molecule has 0 aliphatic carbocycles. The molecule has 0 saturated carbocycles. The fourth-order valence-corrected chi connectivity index (χ4v) is 4.81. The van der Waals surface area contributed by atoms with E-state index in [9.17, 15) is 14.4 Å². The molecule has 3 rings (SSSR count). The van der Waals surface area contributed by atoms with E-state index in [1.165, 1.54) is 11.8 Å². The number of hydrogen-bond donors (Lipinski definition) is 2. The van der Waals surface area contributed by atoms with E-state index < -0.39 is 18.5 Å². The molecule has 184 valence electrons. The molecule has 1 aromatic heterocycles. The molecule has 2 aromatic carbocycles. The van der Waals surface area contributed by atoms with E-state index in [4.69, 9.17) is 9.26 Å². The summed E-state index contributed by atoms with van der Waals surface area (Å²) < 4.78 is 10.4. The summed E-state index contributed by atoms with van der Waals surface area (Å²) in [6.07, 6.45) is 0. The summed E-state index contributed by atoms with van der Waals surface area (Å²) in [6.45, 7) is 8.82. The predicted molar refractivity (Wildman–Crippen MR) is 135 cm³/mol. The van der Waals surface area contributed by atoms with Crippen molar-refractivity contribution < 1.29 is 23.6 Å². The van der Waals surface area contributed by atoms with Gasteiger partial charge in [0.1, 0.15) is 5.76 Å². The zero-order valence-electron chi connectivity index (χ0n) is 20.5. The number of esters is 1. The molecular formula is C26H29N3O5S. The summed E-state index contributed by atoms with van der Waals surface area (Å²) in [6, 6.07) is 11.0. The van der Waals surface area contributed by atoms with Gasteiger partial charge in [0, 0.05) is 21.9 Å². The Morgan fingerprint density at radius 3 is 2.34 bits per heavy atom. The number of amides is 2. The smallest absolute Gasteiger partial charge is 0.339 e. The van der Waals surface area contributed by atoms with E-state index in [0.29, 0.717) is 11.3 Å². The lowest BCUT2D eigenvalue weighted by atomic mass is 10.1. The van der Waals surface area contributed by atoms with Gasteiger partial charge < -0.3 is 19.9 Å². The van der Waals surface area contributed by atoms with E-state index in [-0.39, 0.29) is 12.5 Å². The second-order valence-corrected chi connectivity index (χ2v) is 9.28. The van der Waals surface area contributed by atoms with Crippen molar-refractivity contribution in [2.75, 3.05) is 18.5 Å². The molecule has 3 aromatic rings. The lowest BCUT2D eigenvalue weighted by molar-refractivity contribution is -0.126. The molecule has 0 atom stereocenters. The zero-order chi connectivity index (χ0) is 25.5. The van der Waals surface area contributed by atoms with Gasteiger partial charge in [0.05, 0.1) is 17.8 Å². The number of ether oxygens (including phenoxy) is 1. The maximum Gasteiger partial charge on any atom is 0.339 e. The van der Waals surface area contributed by atoms with Gasteiger partial charge in [-0.05, 0) is 57.9 Å². The van der Waals surface area contributed by atoms with Crippen LogP contribution in [0.4, 0.5) is 5.69 Å². The minimum Gasteiger partial charge on any atom is -0.452 e. The van der Waals surface area contributed by atoms with Crippen molar-refractivity contribution in [2.24, 2.45) is 0 Å². The lowest BCUT2D eigenvalue weighted by Crippen LogP contribution is -2.35. The highest BCUT2D eigenvalue weighted by atomic mass is 32.2. The summed E-state index contributed by atoms with van der Waals surface area (Å²) in [5, 5.41) is 9.24. The minimum absolute atomic E-state index is 0.229. The van der Waals surface area contributed by atoms with Crippen LogP contribution in [0.3, 0.4) is 0 Å². The van der Waals surface area contributed by atoms with Crippen LogP contribution in [0, 0.1) is 34.6 Å². The number of carbonyl (C=O) groups is 3. The first-order valence-electron chi connectivity index (χ1n) is 11.1. The first-order valence-corrected chi connectivity index (χ1v) is 12.1. The Bertz CT molecular complexity index is 1210. The van der Waals surface area contributed by atoms with Crippen molar-refractivity contribution in [1.82, 2.24) is 10.5 Å². The Morgan fingerprint density at radius 1 is 1.00 bits per heavy atom. The topological polar surface area (TPSA) is 111 Å². The monoisotopic (exact) mass is 495 g/mol. The fourth-order valence-electron chi connectivity index (χ4n) is 3.62. The standard InChI is InChI=1S/C26H29N3O5S/c1-15-10-16(2)25(17(3)11-15)28-23(30)12-27-24(31)13-33-26(32)20-8-6-7-9-22(20)35-14-21-18(4)29-34-19(21)5/h6-11H,12-14H2,1-5H3,(H,27,31)(H,28,30). The minimum atomic E-state index is -0.614. The normalized spacial score (nSPS) is 10.7. The molecule has 2 N–H and O–H groups in total. The summed E-state index contributed by atoms with van der Waals surface area (Å²) in [7, 11) is 0. The van der Waals surface area contributed by atoms with Crippen LogP contribution in [0.2, 0.25) is 0 Å². The number of carbonyl (C=O) groups excluding carboxylic acids is 3. The molecule has 2 amide bonds. The maximum atomic E-state index is 12.6. The number of thioether (sulfide) groups is 1. The summed E-state index contributed by atoms with van der Waals surface area (Å²) >= 11 is 1.46. The third-order valence-corrected chi connectivity index (χ3v) is 6.48. The van der Waals surface area contributed by atoms with Gasteiger partial charge in [0.15, 0.2) is 6.61 Å². The van der Waals surface area contributed by atoms with Gasteiger partial charge >= 0.3 is 5.97 Å². The zero-order valence-corrected chi connectivity index (χ0v) is 21.3. The number of hydrogen-bond acceptors (Lipinski definition) is 7. The second-order valence-electron chi connectivity index (χ2n) is 8.26. The number of aryl methyl sites for hydroxylation is 5. The molecule has 1 heterocycles. The SMILES string of the molecule is Cc1cc(C)c(NC(=O)CNC(=O)COC(=O)c2ccccc2SCc2c(C)noc2C)c(C)c1. The summed E-state index contributed by atoms with van der Waals surface area (Å²) in [5.41, 5.74) is 5.88. The Kier molecular flexibility index (Phi) is 8.70. The molecule has 0 radical (unpaired) electrons. The third-order valence-electron chi connectivity index (χ3n) is 5.38. The number of aromatic nitrogens is 1. The predicted octanol–water partition coefficient (Wildman–Crippen LogP) is 4.42. The third kappa shape index (κ3) is 6.95. The van der Waals surface area contributed by atoms with Crippen LogP contribution < -0.4 is 10.6 Å². The van der Waals surface area contributed by atoms with Crippen LogP contribution in [-0.4, -0.2) is 36.1 Å². The van der Waals surface area contributed by atoms with E-state index in [0.717, 1.165) is 44.3 Å². The number of nitrogens with zero attached hydrogens (tertiary/aromatic N) is 1. The molecule has 0 fully saturated rings. The van der Waals surface area contributed by atoms with Crippen molar-refractivity contribution in [3.05, 3.63) is 75.7 Å². The van der Waals surface area contributed by atoms with E-state index in [1.54, 1.807) is 12.1 Å². The quantitative estimate of drug-likeness (QED) is 0.334. The molecular weight excluding hydrogens is 466 g/mol. The molecule has 0 saturated heterocycles. The summed E-state index contributed by atoms with van der Waals surface area (Å²) in [5.74, 6) is -0.214. The number of rotatable bonds is 9. The van der Waals surface area contributed by atoms with Crippen molar-refractivity contribution in [2.45, 2.75) is 45.3 Å². The van der Waals surface area contributed by atoms with Crippen LogP contribution in [0.15, 0.2) is 45.8 Å². The van der Waals surface area contributed by atoms with Crippen LogP contribution in [-0.2, 0) is 20.1 Å². The van der Waals surface area contributed by atoms with Crippen molar-refractivity contribution >= 4 is 35.2 Å². The first-order chi connectivity index (χ1) is 16.7. The first kappa shape index (κ1) is 26.0. The van der Waals surface area contributed by atoms with Gasteiger partial charge in [-0.25, -0.2) is 4.79 Å². The largest absolute Gasteiger partial charge is 0.452 e. The van der Waals surface area contributed by atoms with E-state index in [2.05, 4.69) is 15.8 Å². The van der Waals surface area contributed by atoms with Crippen LogP contribution in [0.5, 0.6) is 0 Å². The van der Waals surface area contributed by atoms with Crippen molar-refractivity contribution in [3.63, 3.8) is 0 Å². The van der Waals surface area contributed by atoms with Gasteiger partial charge in [-0.3, -0.25) is 9.59 Å². The van der Waals surface area contributed by atoms with Crippen LogP contribution in [0.1, 0.15) is 44.1 Å². The number of anilines is 1. The fraction of sp³-hybridized carbons (Fsp3) is 0.308. The average Bonchev–Trinajstić information content (AvgIpc) is 3.14. The molecule has 0 unspecified atom stereocenters. The van der Waals surface area contributed by atoms with Crippen LogP contribution in [0.25, 0.3) is 0 Å². The van der Waals surface area contributed by atoms with Gasteiger partial charge in [0.2, 0.25) is 5.91 Å². The maximum absolute atomic E-state index is 12.6. The molecule has 0 spiro atoms. The molecule has 0 aliphatic rings. The van der Waals surface area contributed by atoms with Crippen molar-refractivity contribution in [3.8, 4) is 0 Å². The number of nitrogens with one attached hydrogen (secondary N) is 2. The highest BCUT2D eigenvalue weighted by molar-refractivity contribution is 7.98. The van der Waals surface area contributed by atoms with Crippen molar-refractivity contribution in [1.29, 1.82) is 0 Å². The van der Waals surface area contributed by atoms with Gasteiger partial charge in [0.25, 0.3) is 5.91 Å². The van der Waals surface area contributed by atoms with E-state index >= 15 is 0 Å². The number of benzene rings is 2. The Hall–Kier alpha value is -3.59. The highest BCUT2D eigenvalue weighted by Gasteiger charge is 2.17.